The minimum Gasteiger partial charge on any atom is -0.332 e. The Hall–Kier alpha value is -2.41. The fourth-order valence-corrected chi connectivity index (χ4v) is 1.70. The number of hydrogen-bond acceptors (Lipinski definition) is 3. The van der Waals surface area contributed by atoms with E-state index in [9.17, 15) is 9.59 Å². The Labute approximate surface area is 114 Å². The highest BCUT2D eigenvalue weighted by Crippen LogP contribution is 2.06. The summed E-state index contributed by atoms with van der Waals surface area (Å²) in [6, 6.07) is 10.6. The Morgan fingerprint density at radius 2 is 1.89 bits per heavy atom. The van der Waals surface area contributed by atoms with Crippen molar-refractivity contribution in [2.45, 2.75) is 0 Å². The molecule has 0 spiro atoms. The Bertz CT molecular complexity index is 706. The van der Waals surface area contributed by atoms with Gasteiger partial charge < -0.3 is 10.6 Å². The van der Waals surface area contributed by atoms with Crippen molar-refractivity contribution in [1.82, 2.24) is 9.55 Å². The van der Waals surface area contributed by atoms with Crippen molar-refractivity contribution in [3.8, 4) is 0 Å². The number of aromatic amines is 1. The zero-order chi connectivity index (χ0) is 13.8. The number of aromatic nitrogens is 2. The summed E-state index contributed by atoms with van der Waals surface area (Å²) in [7, 11) is 1.53. The van der Waals surface area contributed by atoms with Crippen LogP contribution in [0.1, 0.15) is 0 Å². The predicted molar refractivity (Wildman–Crippen MR) is 78.6 cm³/mol. The van der Waals surface area contributed by atoms with E-state index in [0.29, 0.717) is 10.9 Å². The molecule has 6 nitrogen and oxygen atoms in total. The van der Waals surface area contributed by atoms with Crippen LogP contribution in [0, 0.1) is 0 Å². The highest BCUT2D eigenvalue weighted by atomic mass is 32.1. The first kappa shape index (κ1) is 13.0. The smallest absolute Gasteiger partial charge is 0.329 e. The highest BCUT2D eigenvalue weighted by Gasteiger charge is 2.04. The molecule has 0 fully saturated rings. The van der Waals surface area contributed by atoms with E-state index in [-0.39, 0.29) is 0 Å². The molecule has 0 radical (unpaired) electrons. The van der Waals surface area contributed by atoms with E-state index in [1.807, 2.05) is 30.3 Å². The van der Waals surface area contributed by atoms with Crippen molar-refractivity contribution in [1.29, 1.82) is 0 Å². The predicted octanol–water partition coefficient (Wildman–Crippen LogP) is 0.882. The average molecular weight is 276 g/mol. The molecule has 0 aliphatic heterocycles. The van der Waals surface area contributed by atoms with E-state index in [1.54, 1.807) is 0 Å². The zero-order valence-corrected chi connectivity index (χ0v) is 11.0. The molecular weight excluding hydrogens is 264 g/mol. The first-order valence-corrected chi connectivity index (χ1v) is 5.90. The lowest BCUT2D eigenvalue weighted by atomic mass is 10.3. The maximum atomic E-state index is 11.4. The largest absolute Gasteiger partial charge is 0.332 e. The molecule has 3 N–H and O–H groups in total. The van der Waals surface area contributed by atoms with Gasteiger partial charge in [0, 0.05) is 18.8 Å². The van der Waals surface area contributed by atoms with Gasteiger partial charge in [-0.05, 0) is 24.4 Å². The molecule has 1 aromatic heterocycles. The number of benzene rings is 1. The van der Waals surface area contributed by atoms with Gasteiger partial charge in [0.25, 0.3) is 5.56 Å². The molecule has 0 saturated carbocycles. The number of nitrogens with one attached hydrogen (secondary N) is 3. The first-order chi connectivity index (χ1) is 9.06. The van der Waals surface area contributed by atoms with Crippen LogP contribution in [0.5, 0.6) is 0 Å². The summed E-state index contributed by atoms with van der Waals surface area (Å²) in [6.07, 6.45) is 0. The molecular formula is C12H12N4O2S. The second-order valence-electron chi connectivity index (χ2n) is 3.83. The van der Waals surface area contributed by atoms with E-state index in [1.165, 1.54) is 17.7 Å². The van der Waals surface area contributed by atoms with Gasteiger partial charge in [0.15, 0.2) is 5.11 Å². The molecule has 0 saturated heterocycles. The van der Waals surface area contributed by atoms with Crippen LogP contribution in [0.25, 0.3) is 0 Å². The van der Waals surface area contributed by atoms with Gasteiger partial charge >= 0.3 is 5.69 Å². The molecule has 2 aromatic rings. The number of anilines is 2. The minimum atomic E-state index is -0.502. The molecule has 1 heterocycles. The van der Waals surface area contributed by atoms with Crippen LogP contribution in [0.4, 0.5) is 11.5 Å². The topological polar surface area (TPSA) is 78.9 Å². The summed E-state index contributed by atoms with van der Waals surface area (Å²) in [5.74, 6) is 0.321. The van der Waals surface area contributed by atoms with E-state index < -0.39 is 11.2 Å². The number of para-hydroxylation sites is 1. The monoisotopic (exact) mass is 276 g/mol. The first-order valence-electron chi connectivity index (χ1n) is 5.49. The second kappa shape index (κ2) is 5.49. The lowest BCUT2D eigenvalue weighted by Crippen LogP contribution is -2.32. The third-order valence-electron chi connectivity index (χ3n) is 2.44. The van der Waals surface area contributed by atoms with Crippen molar-refractivity contribution in [3.05, 3.63) is 57.2 Å². The molecule has 7 heteroatoms. The third kappa shape index (κ3) is 3.29. The molecule has 98 valence electrons. The minimum absolute atomic E-state index is 0.298. The third-order valence-corrected chi connectivity index (χ3v) is 2.64. The molecule has 0 aliphatic rings. The Balaban J connectivity index is 2.16. The molecule has 0 atom stereocenters. The van der Waals surface area contributed by atoms with E-state index in [2.05, 4.69) is 15.6 Å². The Morgan fingerprint density at radius 1 is 1.21 bits per heavy atom. The second-order valence-corrected chi connectivity index (χ2v) is 4.24. The van der Waals surface area contributed by atoms with Crippen LogP contribution in [0.2, 0.25) is 0 Å². The summed E-state index contributed by atoms with van der Waals surface area (Å²) >= 11 is 5.11. The summed E-state index contributed by atoms with van der Waals surface area (Å²) in [6.45, 7) is 0. The maximum absolute atomic E-state index is 11.4. The molecule has 0 bridgehead atoms. The standard InChI is InChI=1S/C12H12N4O2S/c1-16-9(7-10(17)15-12(16)18)14-11(19)13-8-5-3-2-4-6-8/h2-7H,1H3,(H2,13,14,19)(H,15,17,18). The van der Waals surface area contributed by atoms with Gasteiger partial charge in [-0.2, -0.15) is 0 Å². The number of rotatable bonds is 2. The molecule has 0 unspecified atom stereocenters. The van der Waals surface area contributed by atoms with E-state index in [0.717, 1.165) is 5.69 Å². The summed E-state index contributed by atoms with van der Waals surface area (Å²) in [4.78, 5) is 24.8. The molecule has 2 rings (SSSR count). The van der Waals surface area contributed by atoms with Crippen molar-refractivity contribution in [3.63, 3.8) is 0 Å². The molecule has 0 amide bonds. The lowest BCUT2D eigenvalue weighted by Gasteiger charge is -2.12. The van der Waals surface area contributed by atoms with Crippen molar-refractivity contribution in [2.75, 3.05) is 10.6 Å². The van der Waals surface area contributed by atoms with Gasteiger partial charge in [-0.3, -0.25) is 14.3 Å². The summed E-state index contributed by atoms with van der Waals surface area (Å²) < 4.78 is 1.26. The van der Waals surface area contributed by atoms with Crippen molar-refractivity contribution < 1.29 is 0 Å². The normalized spacial score (nSPS) is 9.95. The van der Waals surface area contributed by atoms with Gasteiger partial charge in [0.1, 0.15) is 5.82 Å². The highest BCUT2D eigenvalue weighted by molar-refractivity contribution is 7.80. The fraction of sp³-hybridized carbons (Fsp3) is 0.0833. The van der Waals surface area contributed by atoms with Crippen LogP contribution in [-0.2, 0) is 7.05 Å². The summed E-state index contributed by atoms with van der Waals surface area (Å²) in [5.41, 5.74) is -0.166. The number of thiocarbonyl (C=S) groups is 1. The number of nitrogens with zero attached hydrogens (tertiary/aromatic N) is 1. The SMILES string of the molecule is Cn1c(NC(=S)Nc2ccccc2)cc(=O)[nH]c1=O. The van der Waals surface area contributed by atoms with Gasteiger partial charge in [-0.25, -0.2) is 4.79 Å². The average Bonchev–Trinajstić information content (AvgIpc) is 2.36. The van der Waals surface area contributed by atoms with Crippen LogP contribution in [-0.4, -0.2) is 14.7 Å². The van der Waals surface area contributed by atoms with Gasteiger partial charge in [-0.1, -0.05) is 18.2 Å². The van der Waals surface area contributed by atoms with Crippen LogP contribution < -0.4 is 21.9 Å². The zero-order valence-electron chi connectivity index (χ0n) is 10.1. The van der Waals surface area contributed by atoms with Crippen LogP contribution in [0.3, 0.4) is 0 Å². The van der Waals surface area contributed by atoms with E-state index >= 15 is 0 Å². The van der Waals surface area contributed by atoms with Gasteiger partial charge in [-0.15, -0.1) is 0 Å². The Morgan fingerprint density at radius 3 is 2.58 bits per heavy atom. The van der Waals surface area contributed by atoms with Gasteiger partial charge in [0.05, 0.1) is 0 Å². The molecule has 0 aliphatic carbocycles. The van der Waals surface area contributed by atoms with Gasteiger partial charge in [0.2, 0.25) is 0 Å². The van der Waals surface area contributed by atoms with Crippen molar-refractivity contribution >= 4 is 28.8 Å². The van der Waals surface area contributed by atoms with E-state index in [4.69, 9.17) is 12.2 Å². The Kier molecular flexibility index (Phi) is 3.76. The summed E-state index contributed by atoms with van der Waals surface area (Å²) in [5, 5.41) is 6.05. The lowest BCUT2D eigenvalue weighted by molar-refractivity contribution is 0.811. The quantitative estimate of drug-likeness (QED) is 0.710. The van der Waals surface area contributed by atoms with Crippen molar-refractivity contribution in [2.24, 2.45) is 7.05 Å². The number of H-pyrrole nitrogens is 1. The number of hydrogen-bond donors (Lipinski definition) is 3. The van der Waals surface area contributed by atoms with Crippen LogP contribution in [0.15, 0.2) is 46.0 Å². The fourth-order valence-electron chi connectivity index (χ4n) is 1.48. The maximum Gasteiger partial charge on any atom is 0.329 e. The molecule has 19 heavy (non-hydrogen) atoms. The molecule has 1 aromatic carbocycles. The van der Waals surface area contributed by atoms with Crippen LogP contribution >= 0.6 is 12.2 Å².